The number of thiazole rings is 1. The van der Waals surface area contributed by atoms with Crippen molar-refractivity contribution in [1.29, 1.82) is 0 Å². The number of aromatic nitrogens is 1. The van der Waals surface area contributed by atoms with Gasteiger partial charge in [0.15, 0.2) is 4.80 Å². The lowest BCUT2D eigenvalue weighted by atomic mass is 10.1. The Labute approximate surface area is 142 Å². The van der Waals surface area contributed by atoms with Gasteiger partial charge in [0.2, 0.25) is 0 Å². The number of fused-ring (bicyclic) bond motifs is 1. The fourth-order valence-corrected chi connectivity index (χ4v) is 3.73. The lowest BCUT2D eigenvalue weighted by Crippen LogP contribution is -2.17. The van der Waals surface area contributed by atoms with Crippen LogP contribution in [0.25, 0.3) is 10.2 Å². The van der Waals surface area contributed by atoms with Crippen LogP contribution in [0.3, 0.4) is 0 Å². The molecule has 0 bridgehead atoms. The number of hydrogen-bond acceptors (Lipinski definition) is 2. The molecular formula is C18H13ClN2OS. The summed E-state index contributed by atoms with van der Waals surface area (Å²) in [6, 6.07) is 15.2. The fourth-order valence-electron chi connectivity index (χ4n) is 2.33. The average molecular weight is 341 g/mol. The molecule has 0 aliphatic rings. The number of carbonyl (C=O) groups excluding carboxylic acids is 1. The quantitative estimate of drug-likeness (QED) is 0.670. The summed E-state index contributed by atoms with van der Waals surface area (Å²) in [6.07, 6.45) is 5.71. The fraction of sp³-hybridized carbons (Fsp3) is 0.111. The topological polar surface area (TPSA) is 34.4 Å². The molecule has 0 radical (unpaired) electrons. The summed E-state index contributed by atoms with van der Waals surface area (Å²) in [4.78, 5) is 17.1. The minimum atomic E-state index is -0.204. The summed E-state index contributed by atoms with van der Waals surface area (Å²) in [5.41, 5.74) is 1.76. The SMILES string of the molecule is C#CCn1c(=NC(=O)Cc2ccccc2)sc2cccc(Cl)c21. The Bertz CT molecular complexity index is 964. The van der Waals surface area contributed by atoms with Crippen LogP contribution in [0.2, 0.25) is 5.02 Å². The van der Waals surface area contributed by atoms with Crippen LogP contribution >= 0.6 is 22.9 Å². The van der Waals surface area contributed by atoms with Crippen molar-refractivity contribution in [2.24, 2.45) is 4.99 Å². The van der Waals surface area contributed by atoms with Gasteiger partial charge in [-0.1, -0.05) is 65.3 Å². The van der Waals surface area contributed by atoms with Crippen LogP contribution in [0.4, 0.5) is 0 Å². The Morgan fingerprint density at radius 3 is 2.74 bits per heavy atom. The first-order chi connectivity index (χ1) is 11.2. The van der Waals surface area contributed by atoms with Crippen LogP contribution in [0.5, 0.6) is 0 Å². The highest BCUT2D eigenvalue weighted by molar-refractivity contribution is 7.16. The third-order valence-corrected chi connectivity index (χ3v) is 4.67. The molecule has 0 aliphatic heterocycles. The van der Waals surface area contributed by atoms with Gasteiger partial charge in [0.1, 0.15) is 0 Å². The normalized spacial score (nSPS) is 11.6. The van der Waals surface area contributed by atoms with E-state index in [0.29, 0.717) is 16.4 Å². The molecule has 0 fully saturated rings. The molecule has 23 heavy (non-hydrogen) atoms. The number of hydrogen-bond donors (Lipinski definition) is 0. The van der Waals surface area contributed by atoms with E-state index in [2.05, 4.69) is 10.9 Å². The van der Waals surface area contributed by atoms with Gasteiger partial charge in [-0.3, -0.25) is 4.79 Å². The number of halogens is 1. The van der Waals surface area contributed by atoms with Crippen LogP contribution in [0.1, 0.15) is 5.56 Å². The molecule has 3 rings (SSSR count). The van der Waals surface area contributed by atoms with Crippen LogP contribution in [-0.4, -0.2) is 10.5 Å². The molecule has 0 unspecified atom stereocenters. The zero-order valence-corrected chi connectivity index (χ0v) is 13.8. The molecule has 0 saturated heterocycles. The zero-order valence-electron chi connectivity index (χ0n) is 12.2. The number of benzene rings is 2. The highest BCUT2D eigenvalue weighted by atomic mass is 35.5. The van der Waals surface area contributed by atoms with Crippen molar-refractivity contribution < 1.29 is 4.79 Å². The van der Waals surface area contributed by atoms with E-state index in [4.69, 9.17) is 18.0 Å². The monoisotopic (exact) mass is 340 g/mol. The van der Waals surface area contributed by atoms with Crippen molar-refractivity contribution in [2.75, 3.05) is 0 Å². The summed E-state index contributed by atoms with van der Waals surface area (Å²) >= 11 is 7.68. The second kappa shape index (κ2) is 6.82. The number of para-hydroxylation sites is 1. The van der Waals surface area contributed by atoms with E-state index in [1.54, 1.807) is 6.07 Å². The Morgan fingerprint density at radius 1 is 1.22 bits per heavy atom. The molecule has 5 heteroatoms. The molecule has 0 saturated carbocycles. The summed E-state index contributed by atoms with van der Waals surface area (Å²) in [5, 5.41) is 0.603. The third-order valence-electron chi connectivity index (χ3n) is 3.32. The minimum absolute atomic E-state index is 0.204. The smallest absolute Gasteiger partial charge is 0.252 e. The van der Waals surface area contributed by atoms with E-state index in [-0.39, 0.29) is 12.3 Å². The van der Waals surface area contributed by atoms with Crippen LogP contribution in [-0.2, 0) is 17.8 Å². The molecule has 0 aliphatic carbocycles. The van der Waals surface area contributed by atoms with Gasteiger partial charge < -0.3 is 4.57 Å². The molecule has 3 nitrogen and oxygen atoms in total. The van der Waals surface area contributed by atoms with Crippen LogP contribution < -0.4 is 4.80 Å². The molecule has 114 valence electrons. The predicted octanol–water partition coefficient (Wildman–Crippen LogP) is 3.66. The zero-order chi connectivity index (χ0) is 16.2. The number of terminal acetylenes is 1. The predicted molar refractivity (Wildman–Crippen MR) is 94.4 cm³/mol. The van der Waals surface area contributed by atoms with Crippen molar-refractivity contribution >= 4 is 39.1 Å². The van der Waals surface area contributed by atoms with E-state index < -0.39 is 0 Å². The molecule has 0 N–H and O–H groups in total. The molecule has 3 aromatic rings. The Morgan fingerprint density at radius 2 is 2.00 bits per heavy atom. The van der Waals surface area contributed by atoms with E-state index in [9.17, 15) is 4.79 Å². The van der Waals surface area contributed by atoms with Gasteiger partial charge in [-0.2, -0.15) is 4.99 Å². The van der Waals surface area contributed by atoms with Crippen LogP contribution in [0.15, 0.2) is 53.5 Å². The third kappa shape index (κ3) is 3.37. The Kier molecular flexibility index (Phi) is 4.61. The van der Waals surface area contributed by atoms with Gasteiger partial charge in [0.25, 0.3) is 5.91 Å². The number of amides is 1. The van der Waals surface area contributed by atoms with Crippen LogP contribution in [0, 0.1) is 12.3 Å². The summed E-state index contributed by atoms with van der Waals surface area (Å²) in [5.74, 6) is 2.39. The van der Waals surface area contributed by atoms with Crippen molar-refractivity contribution in [3.8, 4) is 12.3 Å². The first-order valence-electron chi connectivity index (χ1n) is 7.02. The number of carbonyl (C=O) groups is 1. The van der Waals surface area contributed by atoms with Crippen molar-refractivity contribution in [1.82, 2.24) is 4.57 Å². The molecule has 1 amide bonds. The highest BCUT2D eigenvalue weighted by Gasteiger charge is 2.10. The molecular weight excluding hydrogens is 328 g/mol. The second-order valence-corrected chi connectivity index (χ2v) is 6.35. The van der Waals surface area contributed by atoms with Gasteiger partial charge >= 0.3 is 0 Å². The molecule has 0 spiro atoms. The largest absolute Gasteiger partial charge is 0.303 e. The maximum Gasteiger partial charge on any atom is 0.252 e. The van der Waals surface area contributed by atoms with E-state index in [1.807, 2.05) is 47.0 Å². The lowest BCUT2D eigenvalue weighted by Gasteiger charge is -2.01. The average Bonchev–Trinajstić information content (AvgIpc) is 2.87. The highest BCUT2D eigenvalue weighted by Crippen LogP contribution is 2.25. The van der Waals surface area contributed by atoms with Gasteiger partial charge in [0.05, 0.1) is 28.2 Å². The minimum Gasteiger partial charge on any atom is -0.303 e. The van der Waals surface area contributed by atoms with Crippen molar-refractivity contribution in [3.05, 3.63) is 63.9 Å². The maximum atomic E-state index is 12.2. The van der Waals surface area contributed by atoms with Gasteiger partial charge in [0, 0.05) is 0 Å². The van der Waals surface area contributed by atoms with Crippen molar-refractivity contribution in [3.63, 3.8) is 0 Å². The van der Waals surface area contributed by atoms with Gasteiger partial charge in [-0.15, -0.1) is 6.42 Å². The maximum absolute atomic E-state index is 12.2. The van der Waals surface area contributed by atoms with Gasteiger partial charge in [-0.25, -0.2) is 0 Å². The number of nitrogens with zero attached hydrogens (tertiary/aromatic N) is 2. The summed E-state index contributed by atoms with van der Waals surface area (Å²) in [7, 11) is 0. The second-order valence-electron chi connectivity index (χ2n) is 4.93. The molecule has 0 atom stereocenters. The van der Waals surface area contributed by atoms with E-state index in [0.717, 1.165) is 15.8 Å². The first kappa shape index (κ1) is 15.5. The molecule has 2 aromatic carbocycles. The Hall–Kier alpha value is -2.35. The first-order valence-corrected chi connectivity index (χ1v) is 8.21. The summed E-state index contributed by atoms with van der Waals surface area (Å²) in [6.45, 7) is 0.321. The molecule has 1 heterocycles. The Balaban J connectivity index is 2.05. The standard InChI is InChI=1S/C18H13ClN2OS/c1-2-11-21-17-14(19)9-6-10-15(17)23-18(21)20-16(22)12-13-7-4-3-5-8-13/h1,3-10H,11-12H2. The van der Waals surface area contributed by atoms with E-state index in [1.165, 1.54) is 11.3 Å². The van der Waals surface area contributed by atoms with Gasteiger partial charge in [-0.05, 0) is 17.7 Å². The molecule has 1 aromatic heterocycles. The summed E-state index contributed by atoms with van der Waals surface area (Å²) < 4.78 is 2.77. The lowest BCUT2D eigenvalue weighted by molar-refractivity contribution is -0.117. The number of rotatable bonds is 3. The van der Waals surface area contributed by atoms with E-state index >= 15 is 0 Å². The van der Waals surface area contributed by atoms with Crippen molar-refractivity contribution in [2.45, 2.75) is 13.0 Å².